The van der Waals surface area contributed by atoms with Crippen molar-refractivity contribution in [1.82, 2.24) is 0 Å². The molecule has 3 aromatic rings. The number of aryl methyl sites for hydroxylation is 1. The average molecular weight is 569 g/mol. The molecule has 0 aromatic heterocycles. The fourth-order valence-corrected chi connectivity index (χ4v) is 5.98. The molecule has 1 amide bonds. The molecule has 0 saturated heterocycles. The van der Waals surface area contributed by atoms with E-state index in [9.17, 15) is 4.79 Å². The van der Waals surface area contributed by atoms with E-state index in [4.69, 9.17) is 27.8 Å². The van der Waals surface area contributed by atoms with Crippen LogP contribution in [0.2, 0.25) is 5.02 Å². The first-order chi connectivity index (χ1) is 19.2. The van der Waals surface area contributed by atoms with Gasteiger partial charge in [0.25, 0.3) is 0 Å². The van der Waals surface area contributed by atoms with E-state index in [2.05, 4.69) is 19.1 Å². The molecule has 4 N–H and O–H groups in total. The van der Waals surface area contributed by atoms with Gasteiger partial charge in [-0.3, -0.25) is 4.79 Å². The predicted octanol–water partition coefficient (Wildman–Crippen LogP) is 7.89. The number of amides is 1. The van der Waals surface area contributed by atoms with Crippen molar-refractivity contribution in [3.63, 3.8) is 0 Å². The number of benzene rings is 3. The number of hydrogen-bond donors (Lipinski definition) is 2. The minimum atomic E-state index is -0.824. The normalized spacial score (nSPS) is 14.7. The Labute approximate surface area is 241 Å². The highest BCUT2D eigenvalue weighted by molar-refractivity contribution is 6.34. The maximum absolute atomic E-state index is 16.3. The Morgan fingerprint density at radius 3 is 2.45 bits per heavy atom. The van der Waals surface area contributed by atoms with E-state index in [1.165, 1.54) is 18.2 Å². The van der Waals surface area contributed by atoms with Crippen LogP contribution in [0.15, 0.2) is 48.5 Å². The number of carbonyl (C=O) groups excluding carboxylic acids is 1. The molecule has 214 valence electrons. The summed E-state index contributed by atoms with van der Waals surface area (Å²) >= 11 is 6.65. The van der Waals surface area contributed by atoms with Gasteiger partial charge in [-0.1, -0.05) is 68.1 Å². The van der Waals surface area contributed by atoms with Crippen molar-refractivity contribution in [2.45, 2.75) is 70.6 Å². The van der Waals surface area contributed by atoms with E-state index in [0.29, 0.717) is 36.6 Å². The third-order valence-electron chi connectivity index (χ3n) is 8.34. The topological polar surface area (TPSA) is 78.3 Å². The monoisotopic (exact) mass is 568 g/mol. The van der Waals surface area contributed by atoms with Gasteiger partial charge in [-0.05, 0) is 91.8 Å². The summed E-state index contributed by atoms with van der Waals surface area (Å²) in [6.07, 6.45) is 6.98. The second-order valence-electron chi connectivity index (χ2n) is 11.0. The molecule has 1 aliphatic carbocycles. The Hall–Kier alpha value is -2.96. The summed E-state index contributed by atoms with van der Waals surface area (Å²) in [6.45, 7) is 4.86. The number of hydrogen-bond acceptors (Lipinski definition) is 3. The highest BCUT2D eigenvalue weighted by Crippen LogP contribution is 2.46. The Morgan fingerprint density at radius 2 is 1.82 bits per heavy atom. The molecule has 0 bridgehead atoms. The van der Waals surface area contributed by atoms with Crippen molar-refractivity contribution in [1.29, 1.82) is 0 Å². The molecule has 3 aromatic carbocycles. The van der Waals surface area contributed by atoms with Gasteiger partial charge in [-0.25, -0.2) is 8.78 Å². The number of ether oxygens (including phenoxy) is 1. The van der Waals surface area contributed by atoms with E-state index in [0.717, 1.165) is 50.5 Å². The van der Waals surface area contributed by atoms with Gasteiger partial charge < -0.3 is 16.2 Å². The largest absolute Gasteiger partial charge is 0.490 e. The average Bonchev–Trinajstić information content (AvgIpc) is 3.77. The van der Waals surface area contributed by atoms with Crippen LogP contribution in [0.25, 0.3) is 11.1 Å². The second kappa shape index (κ2) is 13.1. The number of nitrogens with two attached hydrogens (primary N) is 2. The summed E-state index contributed by atoms with van der Waals surface area (Å²) in [5.74, 6) is -1.66. The van der Waals surface area contributed by atoms with Crippen LogP contribution in [0.3, 0.4) is 0 Å². The minimum absolute atomic E-state index is 0.00246. The smallest absolute Gasteiger partial charge is 0.249 e. The summed E-state index contributed by atoms with van der Waals surface area (Å²) in [7, 11) is 0. The highest BCUT2D eigenvalue weighted by Gasteiger charge is 2.34. The minimum Gasteiger partial charge on any atom is -0.490 e. The van der Waals surface area contributed by atoms with E-state index >= 15 is 8.78 Å². The van der Waals surface area contributed by atoms with Crippen molar-refractivity contribution in [3.05, 3.63) is 87.4 Å². The molecule has 1 saturated carbocycles. The van der Waals surface area contributed by atoms with Crippen molar-refractivity contribution >= 4 is 17.5 Å². The van der Waals surface area contributed by atoms with Crippen LogP contribution in [-0.4, -0.2) is 19.1 Å². The van der Waals surface area contributed by atoms with Gasteiger partial charge in [0.1, 0.15) is 5.82 Å². The number of halogens is 3. The summed E-state index contributed by atoms with van der Waals surface area (Å²) in [5.41, 5.74) is 13.6. The molecule has 1 aliphatic rings. The van der Waals surface area contributed by atoms with Crippen molar-refractivity contribution in [3.8, 4) is 16.9 Å². The number of unbranched alkanes of at least 4 members (excludes halogenated alkanes) is 1. The lowest BCUT2D eigenvalue weighted by Crippen LogP contribution is -2.29. The lowest BCUT2D eigenvalue weighted by molar-refractivity contribution is 0.100. The molecule has 4 rings (SSSR count). The zero-order valence-corrected chi connectivity index (χ0v) is 24.1. The molecule has 0 spiro atoms. The Balaban J connectivity index is 1.90. The number of primary amides is 1. The van der Waals surface area contributed by atoms with Crippen LogP contribution in [-0.2, 0) is 11.8 Å². The predicted molar refractivity (Wildman–Crippen MR) is 158 cm³/mol. The molecular formula is C33H39ClF2N2O2. The van der Waals surface area contributed by atoms with E-state index < -0.39 is 17.5 Å². The first-order valence-electron chi connectivity index (χ1n) is 14.2. The van der Waals surface area contributed by atoms with Crippen molar-refractivity contribution in [2.75, 3.05) is 13.2 Å². The molecule has 40 heavy (non-hydrogen) atoms. The SMILES string of the molecule is CCC(CCCCN)(Cc1c(C)cc(F)c(Cl)c1-c1c(C(N)=O)ccc(OCCC2CC2)c1F)c1ccccc1. The zero-order valence-electron chi connectivity index (χ0n) is 23.4. The lowest BCUT2D eigenvalue weighted by Gasteiger charge is -2.36. The quantitative estimate of drug-likeness (QED) is 0.194. The molecular weight excluding hydrogens is 530 g/mol. The van der Waals surface area contributed by atoms with Gasteiger partial charge >= 0.3 is 0 Å². The Morgan fingerprint density at radius 1 is 1.10 bits per heavy atom. The molecule has 7 heteroatoms. The molecule has 0 radical (unpaired) electrons. The van der Waals surface area contributed by atoms with Crippen molar-refractivity contribution < 1.29 is 18.3 Å². The van der Waals surface area contributed by atoms with Crippen LogP contribution in [0, 0.1) is 24.5 Å². The van der Waals surface area contributed by atoms with Gasteiger partial charge in [0, 0.05) is 11.1 Å². The van der Waals surface area contributed by atoms with Gasteiger partial charge in [-0.2, -0.15) is 0 Å². The van der Waals surface area contributed by atoms with Crippen LogP contribution >= 0.6 is 11.6 Å². The van der Waals surface area contributed by atoms with Crippen LogP contribution < -0.4 is 16.2 Å². The van der Waals surface area contributed by atoms with Gasteiger partial charge in [0.15, 0.2) is 11.6 Å². The summed E-state index contributed by atoms with van der Waals surface area (Å²) in [5, 5.41) is -0.239. The van der Waals surface area contributed by atoms with Crippen LogP contribution in [0.4, 0.5) is 8.78 Å². The zero-order chi connectivity index (χ0) is 28.9. The molecule has 1 atom stereocenters. The maximum Gasteiger partial charge on any atom is 0.249 e. The first kappa shape index (κ1) is 30.0. The number of carbonyl (C=O) groups is 1. The molecule has 0 heterocycles. The fraction of sp³-hybridized carbons (Fsp3) is 0.424. The molecule has 1 unspecified atom stereocenters. The van der Waals surface area contributed by atoms with E-state index in [1.807, 2.05) is 18.2 Å². The van der Waals surface area contributed by atoms with Gasteiger partial charge in [0.05, 0.1) is 17.2 Å². The molecule has 0 aliphatic heterocycles. The first-order valence-corrected chi connectivity index (χ1v) is 14.6. The Bertz CT molecular complexity index is 1340. The molecule has 4 nitrogen and oxygen atoms in total. The van der Waals surface area contributed by atoms with Crippen molar-refractivity contribution in [2.24, 2.45) is 17.4 Å². The summed E-state index contributed by atoms with van der Waals surface area (Å²) < 4.78 is 37.3. The third kappa shape index (κ3) is 6.50. The van der Waals surface area contributed by atoms with E-state index in [-0.39, 0.29) is 32.9 Å². The summed E-state index contributed by atoms with van der Waals surface area (Å²) in [6, 6.07) is 14.4. The highest BCUT2D eigenvalue weighted by atomic mass is 35.5. The van der Waals surface area contributed by atoms with E-state index in [1.54, 1.807) is 6.92 Å². The third-order valence-corrected chi connectivity index (χ3v) is 8.71. The fourth-order valence-electron chi connectivity index (χ4n) is 5.72. The molecule has 1 fully saturated rings. The standard InChI is InChI=1S/C33H39ClF2N2O2/c1-3-33(16-7-8-17-37,23-9-5-4-6-10-23)20-25-21(2)19-26(35)30(34)28(25)29-24(32(38)39)13-14-27(31(29)36)40-18-15-22-11-12-22/h4-6,9-10,13-14,19,22H,3,7-8,11-12,15-18,20,37H2,1-2H3,(H2,38,39). The second-order valence-corrected chi connectivity index (χ2v) is 11.4. The van der Waals surface area contributed by atoms with Gasteiger partial charge in [-0.15, -0.1) is 0 Å². The van der Waals surface area contributed by atoms with Gasteiger partial charge in [0.2, 0.25) is 5.91 Å². The Kier molecular flexibility index (Phi) is 9.85. The number of rotatable bonds is 14. The maximum atomic E-state index is 16.3. The summed E-state index contributed by atoms with van der Waals surface area (Å²) in [4.78, 5) is 12.6. The van der Waals surface area contributed by atoms with Crippen LogP contribution in [0.1, 0.15) is 78.9 Å². The van der Waals surface area contributed by atoms with Crippen LogP contribution in [0.5, 0.6) is 5.75 Å². The lowest BCUT2D eigenvalue weighted by atomic mass is 9.68.